The van der Waals surface area contributed by atoms with Crippen LogP contribution in [0.3, 0.4) is 0 Å². The fraction of sp³-hybridized carbons (Fsp3) is 0.429. The van der Waals surface area contributed by atoms with Gasteiger partial charge in [0.1, 0.15) is 0 Å². The zero-order valence-electron chi connectivity index (χ0n) is 11.8. The number of rotatable bonds is 6. The summed E-state index contributed by atoms with van der Waals surface area (Å²) in [7, 11) is 1.62. The summed E-state index contributed by atoms with van der Waals surface area (Å²) in [5.41, 5.74) is 1.15. The summed E-state index contributed by atoms with van der Waals surface area (Å²) < 4.78 is 5.93. The van der Waals surface area contributed by atoms with Gasteiger partial charge in [-0.15, -0.1) is 0 Å². The number of hydrogen-bond acceptors (Lipinski definition) is 3. The van der Waals surface area contributed by atoms with Crippen LogP contribution in [0.5, 0.6) is 0 Å². The Morgan fingerprint density at radius 1 is 1.30 bits per heavy atom. The molecule has 6 heteroatoms. The maximum Gasteiger partial charge on any atom is 0.224 e. The fourth-order valence-corrected chi connectivity index (χ4v) is 1.94. The van der Waals surface area contributed by atoms with Crippen LogP contribution < -0.4 is 10.6 Å². The van der Waals surface area contributed by atoms with Crippen molar-refractivity contribution in [2.24, 2.45) is 0 Å². The van der Waals surface area contributed by atoms with Gasteiger partial charge in [-0.2, -0.15) is 0 Å². The van der Waals surface area contributed by atoms with Crippen LogP contribution in [-0.4, -0.2) is 25.0 Å². The van der Waals surface area contributed by atoms with Gasteiger partial charge in [-0.25, -0.2) is 0 Å². The molecule has 1 rings (SSSR count). The lowest BCUT2D eigenvalue weighted by Gasteiger charge is -2.13. The summed E-state index contributed by atoms with van der Waals surface area (Å²) in [5, 5.41) is 5.48. The molecule has 20 heavy (non-hydrogen) atoms. The summed E-state index contributed by atoms with van der Waals surface area (Å²) in [6, 6.07) is 5.29. The van der Waals surface area contributed by atoms with Crippen LogP contribution in [0.1, 0.15) is 26.7 Å². The third-order valence-corrected chi connectivity index (χ3v) is 3.24. The first-order chi connectivity index (χ1) is 9.42. The number of amides is 2. The van der Waals surface area contributed by atoms with E-state index in [2.05, 4.69) is 26.6 Å². The van der Waals surface area contributed by atoms with Crippen LogP contribution in [0.25, 0.3) is 0 Å². The quantitative estimate of drug-likeness (QED) is 0.834. The van der Waals surface area contributed by atoms with E-state index in [1.54, 1.807) is 25.3 Å². The minimum absolute atomic E-state index is 0.0399. The fourth-order valence-electron chi connectivity index (χ4n) is 1.58. The Labute approximate surface area is 127 Å². The smallest absolute Gasteiger partial charge is 0.224 e. The molecule has 1 atom stereocenters. The molecular formula is C14H19BrN2O3. The Balaban J connectivity index is 2.72. The second kappa shape index (κ2) is 8.01. The van der Waals surface area contributed by atoms with Gasteiger partial charge in [-0.1, -0.05) is 15.9 Å². The molecule has 2 amide bonds. The molecule has 0 unspecified atom stereocenters. The first kappa shape index (κ1) is 16.7. The lowest BCUT2D eigenvalue weighted by atomic mass is 10.2. The molecule has 2 N–H and O–H groups in total. The molecule has 0 aromatic heterocycles. The molecule has 0 aliphatic carbocycles. The van der Waals surface area contributed by atoms with Crippen LogP contribution in [0.15, 0.2) is 22.7 Å². The Morgan fingerprint density at radius 3 is 2.60 bits per heavy atom. The van der Waals surface area contributed by atoms with Crippen molar-refractivity contribution >= 4 is 39.1 Å². The van der Waals surface area contributed by atoms with E-state index in [1.807, 2.05) is 6.92 Å². The molecule has 0 saturated carbocycles. The number of anilines is 2. The van der Waals surface area contributed by atoms with E-state index in [4.69, 9.17) is 4.74 Å². The number of benzene rings is 1. The van der Waals surface area contributed by atoms with Gasteiger partial charge in [0.05, 0.1) is 17.5 Å². The molecule has 110 valence electrons. The standard InChI is InChI=1S/C14H19BrN2O3/c1-9(20-3)4-7-14(19)17-13-8-11(15)5-6-12(13)16-10(2)18/h5-6,8-9H,4,7H2,1-3H3,(H,16,18)(H,17,19)/t9-/m0/s1. The SMILES string of the molecule is CO[C@@H](C)CCC(=O)Nc1cc(Br)ccc1NC(C)=O. The van der Waals surface area contributed by atoms with Gasteiger partial charge in [-0.05, 0) is 31.5 Å². The number of nitrogens with one attached hydrogen (secondary N) is 2. The van der Waals surface area contributed by atoms with E-state index < -0.39 is 0 Å². The summed E-state index contributed by atoms with van der Waals surface area (Å²) in [4.78, 5) is 23.0. The molecule has 0 heterocycles. The van der Waals surface area contributed by atoms with E-state index >= 15 is 0 Å². The first-order valence-electron chi connectivity index (χ1n) is 6.32. The van der Waals surface area contributed by atoms with E-state index in [1.165, 1.54) is 6.92 Å². The Morgan fingerprint density at radius 2 is 2.00 bits per heavy atom. The topological polar surface area (TPSA) is 67.4 Å². The Bertz CT molecular complexity index is 491. The highest BCUT2D eigenvalue weighted by molar-refractivity contribution is 9.10. The molecule has 0 radical (unpaired) electrons. The molecule has 0 aliphatic rings. The largest absolute Gasteiger partial charge is 0.382 e. The number of methoxy groups -OCH3 is 1. The average molecular weight is 343 g/mol. The first-order valence-corrected chi connectivity index (χ1v) is 7.11. The van der Waals surface area contributed by atoms with Gasteiger partial charge < -0.3 is 15.4 Å². The third kappa shape index (κ3) is 5.71. The van der Waals surface area contributed by atoms with Crippen molar-refractivity contribution in [2.75, 3.05) is 17.7 Å². The van der Waals surface area contributed by atoms with Crippen LogP contribution in [0.4, 0.5) is 11.4 Å². The Hall–Kier alpha value is -1.40. The molecule has 0 saturated heterocycles. The number of halogens is 1. The third-order valence-electron chi connectivity index (χ3n) is 2.75. The lowest BCUT2D eigenvalue weighted by molar-refractivity contribution is -0.117. The van der Waals surface area contributed by atoms with Crippen LogP contribution >= 0.6 is 15.9 Å². The molecule has 5 nitrogen and oxygen atoms in total. The van der Waals surface area contributed by atoms with Crippen molar-refractivity contribution in [1.29, 1.82) is 0 Å². The number of carbonyl (C=O) groups excluding carboxylic acids is 2. The molecule has 0 fully saturated rings. The summed E-state index contributed by atoms with van der Waals surface area (Å²) in [6.07, 6.45) is 1.05. The number of carbonyl (C=O) groups is 2. The second-order valence-corrected chi connectivity index (χ2v) is 5.42. The molecule has 0 bridgehead atoms. The van der Waals surface area contributed by atoms with Crippen molar-refractivity contribution in [1.82, 2.24) is 0 Å². The zero-order chi connectivity index (χ0) is 15.1. The van der Waals surface area contributed by atoms with Gasteiger partial charge in [0.15, 0.2) is 0 Å². The van der Waals surface area contributed by atoms with E-state index in [0.29, 0.717) is 24.2 Å². The monoisotopic (exact) mass is 342 g/mol. The molecular weight excluding hydrogens is 324 g/mol. The highest BCUT2D eigenvalue weighted by Gasteiger charge is 2.10. The van der Waals surface area contributed by atoms with Crippen LogP contribution in [0, 0.1) is 0 Å². The van der Waals surface area contributed by atoms with Gasteiger partial charge in [0.2, 0.25) is 11.8 Å². The van der Waals surface area contributed by atoms with Crippen molar-refractivity contribution in [3.63, 3.8) is 0 Å². The molecule has 0 spiro atoms. The highest BCUT2D eigenvalue weighted by atomic mass is 79.9. The van der Waals surface area contributed by atoms with Gasteiger partial charge >= 0.3 is 0 Å². The predicted octanol–water partition coefficient (Wildman–Crippen LogP) is 3.16. The average Bonchev–Trinajstić information content (AvgIpc) is 2.38. The van der Waals surface area contributed by atoms with Gasteiger partial charge in [0, 0.05) is 24.9 Å². The van der Waals surface area contributed by atoms with Crippen molar-refractivity contribution < 1.29 is 14.3 Å². The summed E-state index contributed by atoms with van der Waals surface area (Å²) in [5.74, 6) is -0.297. The zero-order valence-corrected chi connectivity index (χ0v) is 13.4. The summed E-state index contributed by atoms with van der Waals surface area (Å²) in [6.45, 7) is 3.34. The second-order valence-electron chi connectivity index (χ2n) is 4.50. The minimum Gasteiger partial charge on any atom is -0.382 e. The highest BCUT2D eigenvalue weighted by Crippen LogP contribution is 2.26. The van der Waals surface area contributed by atoms with Gasteiger partial charge in [0.25, 0.3) is 0 Å². The Kier molecular flexibility index (Phi) is 6.67. The van der Waals surface area contributed by atoms with Crippen molar-refractivity contribution in [2.45, 2.75) is 32.8 Å². The molecule has 1 aromatic carbocycles. The summed E-state index contributed by atoms with van der Waals surface area (Å²) >= 11 is 3.34. The van der Waals surface area contributed by atoms with Crippen molar-refractivity contribution in [3.05, 3.63) is 22.7 Å². The van der Waals surface area contributed by atoms with Crippen LogP contribution in [0.2, 0.25) is 0 Å². The minimum atomic E-state index is -0.184. The molecule has 1 aromatic rings. The van der Waals surface area contributed by atoms with E-state index in [-0.39, 0.29) is 17.9 Å². The number of ether oxygens (including phenoxy) is 1. The maximum absolute atomic E-state index is 11.9. The maximum atomic E-state index is 11.9. The van der Waals surface area contributed by atoms with E-state index in [9.17, 15) is 9.59 Å². The van der Waals surface area contributed by atoms with Gasteiger partial charge in [-0.3, -0.25) is 9.59 Å². The van der Waals surface area contributed by atoms with Crippen LogP contribution in [-0.2, 0) is 14.3 Å². The normalized spacial score (nSPS) is 11.8. The van der Waals surface area contributed by atoms with Crippen molar-refractivity contribution in [3.8, 4) is 0 Å². The van der Waals surface area contributed by atoms with E-state index in [0.717, 1.165) is 4.47 Å². The molecule has 0 aliphatic heterocycles. The lowest BCUT2D eigenvalue weighted by Crippen LogP contribution is -2.17. The predicted molar refractivity (Wildman–Crippen MR) is 82.8 cm³/mol. The number of hydrogen-bond donors (Lipinski definition) is 2.